The van der Waals surface area contributed by atoms with E-state index in [1.165, 1.54) is 16.9 Å². The van der Waals surface area contributed by atoms with E-state index in [-0.39, 0.29) is 6.04 Å². The highest BCUT2D eigenvalue weighted by Crippen LogP contribution is 2.33. The third-order valence-corrected chi connectivity index (χ3v) is 3.93. The van der Waals surface area contributed by atoms with Gasteiger partial charge in [0, 0.05) is 18.3 Å². The predicted molar refractivity (Wildman–Crippen MR) is 71.9 cm³/mol. The van der Waals surface area contributed by atoms with Crippen LogP contribution in [0.4, 0.5) is 5.69 Å². The molecule has 3 heterocycles. The number of hydrogen-bond donors (Lipinski definition) is 1. The van der Waals surface area contributed by atoms with Gasteiger partial charge in [-0.25, -0.2) is 0 Å². The smallest absolute Gasteiger partial charge is 0.249 e. The summed E-state index contributed by atoms with van der Waals surface area (Å²) in [5, 5.41) is 7.41. The fourth-order valence-corrected chi connectivity index (χ4v) is 2.80. The molecule has 1 aromatic carbocycles. The van der Waals surface area contributed by atoms with Gasteiger partial charge in [-0.2, -0.15) is 4.98 Å². The van der Waals surface area contributed by atoms with Crippen LogP contribution in [0.3, 0.4) is 0 Å². The Morgan fingerprint density at radius 3 is 3.11 bits per heavy atom. The minimum atomic E-state index is 0.0616. The third-order valence-electron chi connectivity index (χ3n) is 3.16. The summed E-state index contributed by atoms with van der Waals surface area (Å²) < 4.78 is 5.36. The predicted octanol–water partition coefficient (Wildman–Crippen LogP) is 2.90. The molecule has 1 aliphatic heterocycles. The van der Waals surface area contributed by atoms with Gasteiger partial charge in [-0.1, -0.05) is 23.4 Å². The van der Waals surface area contributed by atoms with Gasteiger partial charge in [0.05, 0.1) is 10.4 Å². The minimum Gasteiger partial charge on any atom is -0.373 e. The Morgan fingerprint density at radius 1 is 1.32 bits per heavy atom. The fraction of sp³-hybridized carbons (Fsp3) is 0.154. The number of fused-ring (bicyclic) bond motifs is 1. The van der Waals surface area contributed by atoms with Crippen molar-refractivity contribution in [1.82, 2.24) is 15.1 Å². The number of anilines is 1. The topological polar surface area (TPSA) is 63.8 Å². The molecule has 1 N–H and O–H groups in total. The molecule has 0 amide bonds. The molecule has 94 valence electrons. The van der Waals surface area contributed by atoms with Crippen LogP contribution in [0.2, 0.25) is 0 Å². The fourth-order valence-electron chi connectivity index (χ4n) is 2.25. The molecule has 4 rings (SSSR count). The van der Waals surface area contributed by atoms with Crippen molar-refractivity contribution in [3.63, 3.8) is 0 Å². The zero-order chi connectivity index (χ0) is 12.7. The summed E-state index contributed by atoms with van der Waals surface area (Å²) in [4.78, 5) is 9.39. The minimum absolute atomic E-state index is 0.0616. The zero-order valence-electron chi connectivity index (χ0n) is 9.91. The van der Waals surface area contributed by atoms with E-state index >= 15 is 0 Å². The van der Waals surface area contributed by atoms with Crippen molar-refractivity contribution in [1.29, 1.82) is 0 Å². The Balaban J connectivity index is 1.62. The molecule has 0 aliphatic carbocycles. The van der Waals surface area contributed by atoms with E-state index < -0.39 is 0 Å². The van der Waals surface area contributed by atoms with E-state index in [0.717, 1.165) is 17.0 Å². The molecule has 0 saturated heterocycles. The van der Waals surface area contributed by atoms with Gasteiger partial charge in [-0.05, 0) is 11.6 Å². The summed E-state index contributed by atoms with van der Waals surface area (Å²) in [7, 11) is 0. The van der Waals surface area contributed by atoms with Crippen LogP contribution in [0, 0.1) is 0 Å². The molecule has 3 aromatic rings. The quantitative estimate of drug-likeness (QED) is 0.775. The Labute approximate surface area is 113 Å². The first-order valence-corrected chi connectivity index (χ1v) is 6.85. The van der Waals surface area contributed by atoms with Crippen LogP contribution in [0.15, 0.2) is 40.5 Å². The number of nitrogens with zero attached hydrogens (tertiary/aromatic N) is 3. The van der Waals surface area contributed by atoms with Crippen LogP contribution in [0.25, 0.3) is 10.7 Å². The molecular weight excluding hydrogens is 260 g/mol. The molecule has 2 aromatic heterocycles. The van der Waals surface area contributed by atoms with Crippen molar-refractivity contribution in [2.45, 2.75) is 12.5 Å². The molecule has 0 radical (unpaired) electrons. The third kappa shape index (κ3) is 1.80. The summed E-state index contributed by atoms with van der Waals surface area (Å²) in [5.74, 6) is 1.23. The van der Waals surface area contributed by atoms with E-state index in [2.05, 4.69) is 32.6 Å². The molecule has 19 heavy (non-hydrogen) atoms. The molecule has 0 saturated carbocycles. The lowest BCUT2D eigenvalue weighted by Gasteiger charge is -2.04. The SMILES string of the molecule is c1ccc2c(c1)CC(c1nc(-c3cncs3)no1)N2. The molecule has 0 fully saturated rings. The van der Waals surface area contributed by atoms with Crippen LogP contribution in [0.5, 0.6) is 0 Å². The van der Waals surface area contributed by atoms with Gasteiger partial charge in [-0.15, -0.1) is 11.3 Å². The summed E-state index contributed by atoms with van der Waals surface area (Å²) in [6, 6.07) is 8.30. The van der Waals surface area contributed by atoms with Crippen molar-refractivity contribution in [3.8, 4) is 10.7 Å². The number of para-hydroxylation sites is 1. The van der Waals surface area contributed by atoms with Gasteiger partial charge in [-0.3, -0.25) is 4.98 Å². The maximum atomic E-state index is 5.36. The van der Waals surface area contributed by atoms with Crippen LogP contribution < -0.4 is 5.32 Å². The first-order chi connectivity index (χ1) is 9.40. The average molecular weight is 270 g/mol. The molecule has 6 heteroatoms. The Bertz CT molecular complexity index is 682. The number of hydrogen-bond acceptors (Lipinski definition) is 6. The van der Waals surface area contributed by atoms with Gasteiger partial charge in [0.15, 0.2) is 0 Å². The first-order valence-electron chi connectivity index (χ1n) is 5.97. The van der Waals surface area contributed by atoms with Crippen molar-refractivity contribution in [3.05, 3.63) is 47.4 Å². The normalized spacial score (nSPS) is 17.2. The second kappa shape index (κ2) is 4.17. The molecule has 1 unspecified atom stereocenters. The highest BCUT2D eigenvalue weighted by molar-refractivity contribution is 7.13. The lowest BCUT2D eigenvalue weighted by Crippen LogP contribution is -2.05. The van der Waals surface area contributed by atoms with E-state index in [4.69, 9.17) is 4.52 Å². The lowest BCUT2D eigenvalue weighted by atomic mass is 10.1. The monoisotopic (exact) mass is 270 g/mol. The van der Waals surface area contributed by atoms with E-state index in [1.54, 1.807) is 11.7 Å². The lowest BCUT2D eigenvalue weighted by molar-refractivity contribution is 0.364. The summed E-state index contributed by atoms with van der Waals surface area (Å²) >= 11 is 1.50. The first kappa shape index (κ1) is 10.7. The summed E-state index contributed by atoms with van der Waals surface area (Å²) in [6.45, 7) is 0. The Morgan fingerprint density at radius 2 is 2.26 bits per heavy atom. The van der Waals surface area contributed by atoms with Crippen LogP contribution >= 0.6 is 11.3 Å². The van der Waals surface area contributed by atoms with Crippen LogP contribution in [0.1, 0.15) is 17.5 Å². The largest absolute Gasteiger partial charge is 0.373 e. The summed E-state index contributed by atoms with van der Waals surface area (Å²) in [6.07, 6.45) is 2.62. The van der Waals surface area contributed by atoms with Crippen LogP contribution in [-0.4, -0.2) is 15.1 Å². The van der Waals surface area contributed by atoms with Gasteiger partial charge in [0.1, 0.15) is 6.04 Å². The molecule has 0 spiro atoms. The van der Waals surface area contributed by atoms with Crippen molar-refractivity contribution in [2.75, 3.05) is 5.32 Å². The van der Waals surface area contributed by atoms with E-state index in [9.17, 15) is 0 Å². The number of thiazole rings is 1. The molecular formula is C13H10N4OS. The highest BCUT2D eigenvalue weighted by atomic mass is 32.1. The van der Waals surface area contributed by atoms with Crippen LogP contribution in [-0.2, 0) is 6.42 Å². The number of nitrogens with one attached hydrogen (secondary N) is 1. The van der Waals surface area contributed by atoms with E-state index in [1.807, 2.05) is 12.1 Å². The standard InChI is InChI=1S/C13H10N4OS/c1-2-4-9-8(3-1)5-10(15-9)13-16-12(17-18-13)11-6-14-7-19-11/h1-4,6-7,10,15H,5H2. The van der Waals surface area contributed by atoms with E-state index in [0.29, 0.717) is 11.7 Å². The zero-order valence-corrected chi connectivity index (χ0v) is 10.7. The number of aromatic nitrogens is 3. The molecule has 0 bridgehead atoms. The molecule has 5 nitrogen and oxygen atoms in total. The van der Waals surface area contributed by atoms with Crippen molar-refractivity contribution >= 4 is 17.0 Å². The maximum Gasteiger partial charge on any atom is 0.249 e. The van der Waals surface area contributed by atoms with Crippen molar-refractivity contribution < 1.29 is 4.52 Å². The highest BCUT2D eigenvalue weighted by Gasteiger charge is 2.26. The van der Waals surface area contributed by atoms with Gasteiger partial charge >= 0.3 is 0 Å². The second-order valence-corrected chi connectivity index (χ2v) is 5.27. The van der Waals surface area contributed by atoms with Crippen molar-refractivity contribution in [2.24, 2.45) is 0 Å². The Kier molecular flexibility index (Phi) is 2.34. The summed E-state index contributed by atoms with van der Waals surface area (Å²) in [5.41, 5.74) is 4.18. The van der Waals surface area contributed by atoms with Gasteiger partial charge in [0.25, 0.3) is 0 Å². The average Bonchev–Trinajstić information content (AvgIpc) is 3.17. The maximum absolute atomic E-state index is 5.36. The molecule has 1 aliphatic rings. The number of benzene rings is 1. The second-order valence-electron chi connectivity index (χ2n) is 4.38. The number of rotatable bonds is 2. The van der Waals surface area contributed by atoms with Gasteiger partial charge < -0.3 is 9.84 Å². The Hall–Kier alpha value is -2.21. The van der Waals surface area contributed by atoms with Gasteiger partial charge in [0.2, 0.25) is 11.7 Å². The molecule has 1 atom stereocenters.